The molecule has 1 heterocycles. The lowest BCUT2D eigenvalue weighted by Crippen LogP contribution is -2.01. The first kappa shape index (κ1) is 15.9. The molecule has 0 spiro atoms. The van der Waals surface area contributed by atoms with Gasteiger partial charge in [0.05, 0.1) is 11.3 Å². The average molecular weight is 306 g/mol. The number of aryl methyl sites for hydroxylation is 2. The molecule has 0 atom stereocenters. The average Bonchev–Trinajstić information content (AvgIpc) is 2.87. The first-order valence-electron chi connectivity index (χ1n) is 6.81. The van der Waals surface area contributed by atoms with Crippen LogP contribution in [0.3, 0.4) is 0 Å². The maximum absolute atomic E-state index is 12.1. The third-order valence-electron chi connectivity index (χ3n) is 3.07. The monoisotopic (exact) mass is 306 g/mol. The molecule has 0 saturated carbocycles. The zero-order chi connectivity index (χ0) is 16.1. The summed E-state index contributed by atoms with van der Waals surface area (Å²) in [6.07, 6.45) is 4.77. The summed E-state index contributed by atoms with van der Waals surface area (Å²) in [6.45, 7) is 1.58. The highest BCUT2D eigenvalue weighted by atomic mass is 19.3. The molecular weight excluding hydrogens is 290 g/mol. The lowest BCUT2D eigenvalue weighted by molar-refractivity contribution is -0.0498. The van der Waals surface area contributed by atoms with Crippen molar-refractivity contribution in [2.45, 2.75) is 27.0 Å². The Labute approximate surface area is 127 Å². The van der Waals surface area contributed by atoms with E-state index >= 15 is 0 Å². The van der Waals surface area contributed by atoms with Crippen LogP contribution in [0.2, 0.25) is 0 Å². The molecule has 0 radical (unpaired) electrons. The molecule has 0 bridgehead atoms. The number of alkyl halides is 2. The normalized spacial score (nSPS) is 11.3. The molecule has 0 aliphatic heterocycles. The van der Waals surface area contributed by atoms with Crippen LogP contribution < -0.4 is 4.74 Å². The van der Waals surface area contributed by atoms with Crippen molar-refractivity contribution >= 4 is 11.9 Å². The van der Waals surface area contributed by atoms with Gasteiger partial charge in [-0.25, -0.2) is 0 Å². The fourth-order valence-corrected chi connectivity index (χ4v) is 1.94. The summed E-state index contributed by atoms with van der Waals surface area (Å²) in [7, 11) is 0. The number of nitrogens with zero attached hydrogens (tertiary/aromatic N) is 2. The molecule has 0 aliphatic carbocycles. The number of hydrogen-bond acceptors (Lipinski definition) is 3. The van der Waals surface area contributed by atoms with Crippen molar-refractivity contribution < 1.29 is 18.3 Å². The first-order chi connectivity index (χ1) is 10.5. The Kier molecular flexibility index (Phi) is 5.04. The second-order valence-electron chi connectivity index (χ2n) is 4.63. The van der Waals surface area contributed by atoms with Crippen molar-refractivity contribution in [3.63, 3.8) is 0 Å². The van der Waals surface area contributed by atoms with Crippen LogP contribution in [0.5, 0.6) is 5.75 Å². The second-order valence-corrected chi connectivity index (χ2v) is 4.63. The molecule has 22 heavy (non-hydrogen) atoms. The van der Waals surface area contributed by atoms with Gasteiger partial charge in [0.25, 0.3) is 0 Å². The molecule has 116 valence electrons. The summed E-state index contributed by atoms with van der Waals surface area (Å²) < 4.78 is 30.0. The van der Waals surface area contributed by atoms with Gasteiger partial charge >= 0.3 is 6.61 Å². The highest BCUT2D eigenvalue weighted by Gasteiger charge is 2.10. The molecule has 2 rings (SSSR count). The van der Waals surface area contributed by atoms with Gasteiger partial charge in [-0.05, 0) is 37.6 Å². The van der Waals surface area contributed by atoms with Crippen LogP contribution in [0.1, 0.15) is 28.5 Å². The summed E-state index contributed by atoms with van der Waals surface area (Å²) in [5, 5.41) is 4.22. The molecule has 4 nitrogen and oxygen atoms in total. The zero-order valence-corrected chi connectivity index (χ0v) is 12.3. The zero-order valence-electron chi connectivity index (χ0n) is 12.3. The van der Waals surface area contributed by atoms with Crippen molar-refractivity contribution in [1.29, 1.82) is 0 Å². The van der Waals surface area contributed by atoms with Gasteiger partial charge in [0.15, 0.2) is 5.78 Å². The fourth-order valence-electron chi connectivity index (χ4n) is 1.94. The molecule has 6 heteroatoms. The van der Waals surface area contributed by atoms with Crippen molar-refractivity contribution in [3.05, 3.63) is 53.4 Å². The van der Waals surface area contributed by atoms with E-state index in [4.69, 9.17) is 0 Å². The van der Waals surface area contributed by atoms with Gasteiger partial charge in [-0.3, -0.25) is 9.48 Å². The lowest BCUT2D eigenvalue weighted by atomic mass is 10.1. The van der Waals surface area contributed by atoms with E-state index in [0.717, 1.165) is 5.56 Å². The van der Waals surface area contributed by atoms with Gasteiger partial charge in [0, 0.05) is 12.7 Å². The Bertz CT molecular complexity index is 676. The molecule has 0 unspecified atom stereocenters. The first-order valence-corrected chi connectivity index (χ1v) is 6.81. The maximum Gasteiger partial charge on any atom is 0.387 e. The van der Waals surface area contributed by atoms with Crippen LogP contribution in [0.25, 0.3) is 6.08 Å². The van der Waals surface area contributed by atoms with Gasteiger partial charge in [-0.1, -0.05) is 18.2 Å². The van der Waals surface area contributed by atoms with Crippen LogP contribution in [0.4, 0.5) is 8.78 Å². The topological polar surface area (TPSA) is 44.1 Å². The number of hydrogen-bond donors (Lipinski definition) is 0. The Morgan fingerprint density at radius 2 is 2.05 bits per heavy atom. The third kappa shape index (κ3) is 4.00. The Morgan fingerprint density at radius 3 is 2.59 bits per heavy atom. The number of carbonyl (C=O) groups is 1. The van der Waals surface area contributed by atoms with Crippen LogP contribution in [0, 0.1) is 6.92 Å². The van der Waals surface area contributed by atoms with Gasteiger partial charge in [0.2, 0.25) is 0 Å². The summed E-state index contributed by atoms with van der Waals surface area (Å²) in [5.74, 6) is -0.0661. The maximum atomic E-state index is 12.1. The molecule has 1 aromatic heterocycles. The van der Waals surface area contributed by atoms with Crippen LogP contribution in [-0.4, -0.2) is 22.2 Å². The molecule has 0 fully saturated rings. The van der Waals surface area contributed by atoms with E-state index in [2.05, 4.69) is 9.84 Å². The third-order valence-corrected chi connectivity index (χ3v) is 3.07. The van der Waals surface area contributed by atoms with E-state index in [-0.39, 0.29) is 11.5 Å². The summed E-state index contributed by atoms with van der Waals surface area (Å²) in [6, 6.07) is 6.06. The van der Waals surface area contributed by atoms with Crippen LogP contribution in [0.15, 0.2) is 36.5 Å². The van der Waals surface area contributed by atoms with Crippen LogP contribution in [-0.2, 0) is 6.54 Å². The minimum absolute atomic E-state index is 0.0820. The standard InChI is InChI=1S/C16H16F2N2O2/c1-3-20-10-14(11(2)19-20)15(21)9-6-12-4-7-13(8-5-12)22-16(17)18/h4-10,16H,3H2,1-2H3/b9-6+. The smallest absolute Gasteiger partial charge is 0.387 e. The van der Waals surface area contributed by atoms with Gasteiger partial charge in [0.1, 0.15) is 5.75 Å². The highest BCUT2D eigenvalue weighted by Crippen LogP contribution is 2.16. The molecular formula is C16H16F2N2O2. The number of rotatable bonds is 6. The van der Waals surface area contributed by atoms with Crippen molar-refractivity contribution in [3.8, 4) is 5.75 Å². The fraction of sp³-hybridized carbons (Fsp3) is 0.250. The molecule has 0 N–H and O–H groups in total. The van der Waals surface area contributed by atoms with Crippen molar-refractivity contribution in [2.24, 2.45) is 0 Å². The number of aromatic nitrogens is 2. The number of ketones is 1. The van der Waals surface area contributed by atoms with E-state index < -0.39 is 6.61 Å². The Balaban J connectivity index is 2.07. The molecule has 2 aromatic rings. The lowest BCUT2D eigenvalue weighted by Gasteiger charge is -2.03. The minimum atomic E-state index is -2.85. The van der Waals surface area contributed by atoms with Crippen molar-refractivity contribution in [2.75, 3.05) is 0 Å². The second kappa shape index (κ2) is 6.98. The summed E-state index contributed by atoms with van der Waals surface area (Å²) in [5.41, 5.74) is 1.95. The van der Waals surface area contributed by atoms with Crippen LogP contribution >= 0.6 is 0 Å². The molecule has 0 amide bonds. The summed E-state index contributed by atoms with van der Waals surface area (Å²) >= 11 is 0. The Morgan fingerprint density at radius 1 is 1.36 bits per heavy atom. The SMILES string of the molecule is CCn1cc(C(=O)/C=C/c2ccc(OC(F)F)cc2)c(C)n1. The predicted molar refractivity (Wildman–Crippen MR) is 79.1 cm³/mol. The van der Waals surface area contributed by atoms with E-state index in [9.17, 15) is 13.6 Å². The molecule has 0 saturated heterocycles. The number of carbonyl (C=O) groups excluding carboxylic acids is 1. The van der Waals surface area contributed by atoms with Gasteiger partial charge in [-0.2, -0.15) is 13.9 Å². The van der Waals surface area contributed by atoms with Crippen molar-refractivity contribution in [1.82, 2.24) is 9.78 Å². The number of allylic oxidation sites excluding steroid dienone is 1. The Hall–Kier alpha value is -2.50. The number of benzene rings is 1. The number of halogens is 2. The molecule has 0 aliphatic rings. The van der Waals surface area contributed by atoms with E-state index in [1.54, 1.807) is 36.0 Å². The largest absolute Gasteiger partial charge is 0.435 e. The van der Waals surface area contributed by atoms with E-state index in [1.165, 1.54) is 18.2 Å². The number of ether oxygens (including phenoxy) is 1. The molecule has 1 aromatic carbocycles. The van der Waals surface area contributed by atoms with Gasteiger partial charge in [-0.15, -0.1) is 0 Å². The van der Waals surface area contributed by atoms with E-state index in [0.29, 0.717) is 17.8 Å². The highest BCUT2D eigenvalue weighted by molar-refractivity contribution is 6.07. The summed E-state index contributed by atoms with van der Waals surface area (Å²) in [4.78, 5) is 12.1. The van der Waals surface area contributed by atoms with E-state index in [1.807, 2.05) is 6.92 Å². The minimum Gasteiger partial charge on any atom is -0.435 e. The predicted octanol–water partition coefficient (Wildman–Crippen LogP) is 3.71. The van der Waals surface area contributed by atoms with Gasteiger partial charge < -0.3 is 4.74 Å². The quantitative estimate of drug-likeness (QED) is 0.603.